The van der Waals surface area contributed by atoms with Crippen LogP contribution in [-0.4, -0.2) is 29.2 Å². The molecule has 2 aromatic rings. The van der Waals surface area contributed by atoms with Gasteiger partial charge in [0.1, 0.15) is 0 Å². The molecule has 27 heavy (non-hydrogen) atoms. The van der Waals surface area contributed by atoms with Crippen molar-refractivity contribution in [3.05, 3.63) is 42.2 Å². The van der Waals surface area contributed by atoms with Crippen LogP contribution in [0.2, 0.25) is 0 Å². The van der Waals surface area contributed by atoms with Crippen LogP contribution in [0.15, 0.2) is 36.7 Å². The molecule has 2 atom stereocenters. The molecule has 0 saturated carbocycles. The van der Waals surface area contributed by atoms with Crippen molar-refractivity contribution < 1.29 is 28.6 Å². The van der Waals surface area contributed by atoms with Crippen LogP contribution in [0.4, 0.5) is 5.69 Å². The van der Waals surface area contributed by atoms with E-state index < -0.39 is 14.5 Å². The van der Waals surface area contributed by atoms with Gasteiger partial charge in [-0.15, -0.1) is 0 Å². The Morgan fingerprint density at radius 2 is 1.63 bits per heavy atom. The zero-order chi connectivity index (χ0) is 20.2. The third kappa shape index (κ3) is 7.46. The number of aromatic hydroxyl groups is 1. The summed E-state index contributed by atoms with van der Waals surface area (Å²) in [5.74, 6) is 0.141. The fourth-order valence-electron chi connectivity index (χ4n) is 1.95. The van der Waals surface area contributed by atoms with Gasteiger partial charge in [-0.2, -0.15) is 0 Å². The molecule has 8 nitrogen and oxygen atoms in total. The predicted molar refractivity (Wildman–Crippen MR) is 105 cm³/mol. The van der Waals surface area contributed by atoms with Crippen molar-refractivity contribution >= 4 is 13.9 Å². The number of hydrogen-bond donors (Lipinski definition) is 3. The fourth-order valence-corrected chi connectivity index (χ4v) is 2.34. The summed E-state index contributed by atoms with van der Waals surface area (Å²) in [4.78, 5) is 13.0. The number of benzene rings is 1. The number of unbranched alkanes of at least 4 members (excludes halogenated alkanes) is 1. The number of anilines is 1. The maximum absolute atomic E-state index is 11.1. The van der Waals surface area contributed by atoms with E-state index in [1.54, 1.807) is 24.5 Å². The van der Waals surface area contributed by atoms with Gasteiger partial charge in [-0.1, -0.05) is 26.7 Å². The molecule has 0 bridgehead atoms. The quantitative estimate of drug-likeness (QED) is 0.450. The first-order valence-corrected chi connectivity index (χ1v) is 9.74. The zero-order valence-corrected chi connectivity index (χ0v) is 16.9. The summed E-state index contributed by atoms with van der Waals surface area (Å²) < 4.78 is 26.4. The predicted octanol–water partition coefficient (Wildman–Crippen LogP) is 4.12. The minimum absolute atomic E-state index is 0.155. The molecular weight excluding hydrogens is 371 g/mol. The van der Waals surface area contributed by atoms with Crippen LogP contribution >= 0.6 is 8.25 Å². The van der Waals surface area contributed by atoms with Gasteiger partial charge in [-0.25, -0.2) is 0 Å². The van der Waals surface area contributed by atoms with E-state index in [-0.39, 0.29) is 17.2 Å². The summed E-state index contributed by atoms with van der Waals surface area (Å²) in [6, 6.07) is 6.34. The summed E-state index contributed by atoms with van der Waals surface area (Å²) in [5, 5.41) is 12.9. The number of phenols is 1. The number of hydrogen-bond acceptors (Lipinski definition) is 7. The Morgan fingerprint density at radius 1 is 1.11 bits per heavy atom. The lowest BCUT2D eigenvalue weighted by Crippen LogP contribution is -2.12. The van der Waals surface area contributed by atoms with E-state index in [2.05, 4.69) is 24.1 Å². The highest BCUT2D eigenvalue weighted by molar-refractivity contribution is 7.32. The van der Waals surface area contributed by atoms with Gasteiger partial charge in [0.15, 0.2) is 17.7 Å². The molecule has 1 aromatic heterocycles. The summed E-state index contributed by atoms with van der Waals surface area (Å²) >= 11 is 0. The molecule has 0 aliphatic heterocycles. The van der Waals surface area contributed by atoms with Crippen LogP contribution in [0.5, 0.6) is 17.2 Å². The van der Waals surface area contributed by atoms with Gasteiger partial charge in [0.2, 0.25) is 5.75 Å². The molecule has 0 fully saturated rings. The number of methoxy groups -OCH3 is 2. The van der Waals surface area contributed by atoms with Crippen molar-refractivity contribution in [2.24, 2.45) is 0 Å². The first kappa shape index (κ1) is 22.8. The van der Waals surface area contributed by atoms with Crippen LogP contribution < -0.4 is 14.8 Å². The number of aromatic nitrogens is 1. The molecule has 1 aromatic carbocycles. The van der Waals surface area contributed by atoms with Gasteiger partial charge in [-0.3, -0.25) is 14.1 Å². The average molecular weight is 398 g/mol. The Balaban J connectivity index is 0.000000828. The zero-order valence-electron chi connectivity index (χ0n) is 15.9. The summed E-state index contributed by atoms with van der Waals surface area (Å²) in [6.45, 7) is 4.36. The van der Waals surface area contributed by atoms with Crippen LogP contribution in [0.1, 0.15) is 38.5 Å². The molecule has 2 unspecified atom stereocenters. The minimum Gasteiger partial charge on any atom is -0.502 e. The molecule has 0 saturated heterocycles. The van der Waals surface area contributed by atoms with Crippen molar-refractivity contribution in [2.75, 3.05) is 19.5 Å². The summed E-state index contributed by atoms with van der Waals surface area (Å²) in [6.07, 6.45) is 4.83. The monoisotopic (exact) mass is 398 g/mol. The van der Waals surface area contributed by atoms with Gasteiger partial charge in [-0.05, 0) is 24.3 Å². The largest absolute Gasteiger partial charge is 0.502 e. The van der Waals surface area contributed by atoms with Crippen molar-refractivity contribution in [3.8, 4) is 17.2 Å². The van der Waals surface area contributed by atoms with E-state index in [1.165, 1.54) is 39.2 Å². The first-order valence-electron chi connectivity index (χ1n) is 8.47. The van der Waals surface area contributed by atoms with Crippen molar-refractivity contribution in [2.45, 2.75) is 32.9 Å². The Hall–Kier alpha value is -2.28. The van der Waals surface area contributed by atoms with Gasteiger partial charge in [0, 0.05) is 23.6 Å². The van der Waals surface area contributed by atoms with Gasteiger partial charge in [0.05, 0.1) is 14.2 Å². The van der Waals surface area contributed by atoms with Crippen LogP contribution in [0, 0.1) is 0 Å². The molecule has 0 radical (unpaired) electrons. The van der Waals surface area contributed by atoms with E-state index in [0.717, 1.165) is 0 Å². The number of nitrogens with one attached hydrogen (secondary N) is 1. The van der Waals surface area contributed by atoms with Crippen LogP contribution in [0.3, 0.4) is 0 Å². The Bertz CT molecular complexity index is 687. The van der Waals surface area contributed by atoms with E-state index in [0.29, 0.717) is 11.3 Å². The smallest absolute Gasteiger partial charge is 0.318 e. The topological polar surface area (TPSA) is 110 Å². The Labute approximate surface area is 160 Å². The Morgan fingerprint density at radius 3 is 2.04 bits per heavy atom. The molecule has 3 N–H and O–H groups in total. The third-order valence-electron chi connectivity index (χ3n) is 3.50. The number of pyridine rings is 1. The SMILES string of the molecule is CCCC.COc1cc(C(Nc2ccncc2)O[PH](=O)O)cc(OC)c1O. The Kier molecular flexibility index (Phi) is 10.3. The van der Waals surface area contributed by atoms with Crippen molar-refractivity contribution in [1.29, 1.82) is 0 Å². The molecule has 0 aliphatic carbocycles. The molecule has 150 valence electrons. The molecule has 0 spiro atoms. The first-order chi connectivity index (χ1) is 13.0. The maximum atomic E-state index is 11.1. The summed E-state index contributed by atoms with van der Waals surface area (Å²) in [7, 11) is -0.444. The van der Waals surface area contributed by atoms with Crippen LogP contribution in [-0.2, 0) is 9.09 Å². The standard InChI is InChI=1S/C14H17N2O6P.C4H10/c1-20-11-7-9(8-12(21-2)13(11)17)14(22-23(18)19)16-10-3-5-15-6-4-10;1-3-4-2/h3-8,14,17,23H,1-2H3,(H,15,16)(H,18,19);3-4H2,1-2H3. The highest BCUT2D eigenvalue weighted by atomic mass is 31.1. The van der Waals surface area contributed by atoms with Gasteiger partial charge in [0.25, 0.3) is 0 Å². The molecular formula is C18H27N2O6P. The number of ether oxygens (including phenoxy) is 2. The maximum Gasteiger partial charge on any atom is 0.318 e. The average Bonchev–Trinajstić information content (AvgIpc) is 2.68. The highest BCUT2D eigenvalue weighted by Crippen LogP contribution is 2.41. The molecule has 2 rings (SSSR count). The second kappa shape index (κ2) is 12.2. The number of rotatable bonds is 8. The van der Waals surface area contributed by atoms with E-state index in [4.69, 9.17) is 18.9 Å². The third-order valence-corrected chi connectivity index (χ3v) is 3.94. The summed E-state index contributed by atoms with van der Waals surface area (Å²) in [5.41, 5.74) is 1.08. The van der Waals surface area contributed by atoms with Gasteiger partial charge >= 0.3 is 8.25 Å². The fraction of sp³-hybridized carbons (Fsp3) is 0.389. The minimum atomic E-state index is -3.22. The van der Waals surface area contributed by atoms with E-state index in [1.807, 2.05) is 0 Å². The second-order valence-corrected chi connectivity index (χ2v) is 6.19. The van der Waals surface area contributed by atoms with Crippen molar-refractivity contribution in [3.63, 3.8) is 0 Å². The second-order valence-electron chi connectivity index (χ2n) is 5.42. The lowest BCUT2D eigenvalue weighted by atomic mass is 10.1. The van der Waals surface area contributed by atoms with Gasteiger partial charge < -0.3 is 24.8 Å². The molecule has 0 amide bonds. The van der Waals surface area contributed by atoms with E-state index in [9.17, 15) is 9.67 Å². The molecule has 1 heterocycles. The lowest BCUT2D eigenvalue weighted by molar-refractivity contribution is 0.215. The normalized spacial score (nSPS) is 12.3. The number of nitrogens with zero attached hydrogens (tertiary/aromatic N) is 1. The molecule has 9 heteroatoms. The highest BCUT2D eigenvalue weighted by Gasteiger charge is 2.20. The number of phenolic OH excluding ortho intramolecular Hbond substituents is 1. The van der Waals surface area contributed by atoms with Crippen molar-refractivity contribution in [1.82, 2.24) is 4.98 Å². The molecule has 0 aliphatic rings. The lowest BCUT2D eigenvalue weighted by Gasteiger charge is -2.21. The van der Waals surface area contributed by atoms with Crippen LogP contribution in [0.25, 0.3) is 0 Å². The van der Waals surface area contributed by atoms with E-state index >= 15 is 0 Å².